The van der Waals surface area contributed by atoms with Gasteiger partial charge in [0.25, 0.3) is 0 Å². The molecule has 0 heterocycles. The van der Waals surface area contributed by atoms with Crippen LogP contribution in [0.2, 0.25) is 0 Å². The van der Waals surface area contributed by atoms with Gasteiger partial charge in [0.15, 0.2) is 0 Å². The van der Waals surface area contributed by atoms with Crippen molar-refractivity contribution in [2.45, 2.75) is 59.3 Å². The zero-order valence-corrected chi connectivity index (χ0v) is 10.3. The fraction of sp³-hybridized carbons (Fsp3) is 0.923. The highest BCUT2D eigenvalue weighted by Gasteiger charge is 2.36. The summed E-state index contributed by atoms with van der Waals surface area (Å²) in [4.78, 5) is 10.8. The lowest BCUT2D eigenvalue weighted by Gasteiger charge is -2.41. The molecule has 1 saturated carbocycles. The minimum absolute atomic E-state index is 0.306. The van der Waals surface area contributed by atoms with Crippen molar-refractivity contribution >= 4 is 5.97 Å². The molecule has 0 aromatic rings. The average Bonchev–Trinajstić information content (AvgIpc) is 2.17. The number of carboxylic acid groups (broad SMARTS) is 1. The Hall–Kier alpha value is -0.530. The van der Waals surface area contributed by atoms with E-state index >= 15 is 0 Å². The molecule has 0 spiro atoms. The van der Waals surface area contributed by atoms with Crippen molar-refractivity contribution in [2.75, 3.05) is 0 Å². The number of aliphatic carboxylic acids is 1. The second-order valence-electron chi connectivity index (χ2n) is 5.59. The number of hydrogen-bond donors (Lipinski definition) is 1. The summed E-state index contributed by atoms with van der Waals surface area (Å²) in [5, 5.41) is 8.92. The van der Waals surface area contributed by atoms with Crippen LogP contribution in [-0.4, -0.2) is 11.1 Å². The second kappa shape index (κ2) is 5.00. The summed E-state index contributed by atoms with van der Waals surface area (Å²) in [6, 6.07) is 0. The predicted octanol–water partition coefficient (Wildman–Crippen LogP) is 3.70. The van der Waals surface area contributed by atoms with Crippen LogP contribution in [0.1, 0.15) is 59.3 Å². The molecule has 0 aliphatic heterocycles. The zero-order chi connectivity index (χ0) is 11.5. The normalized spacial score (nSPS) is 27.7. The van der Waals surface area contributed by atoms with E-state index in [9.17, 15) is 4.79 Å². The Morgan fingerprint density at radius 1 is 1.33 bits per heavy atom. The molecule has 2 nitrogen and oxygen atoms in total. The molecule has 1 aliphatic rings. The van der Waals surface area contributed by atoms with Gasteiger partial charge in [-0.25, -0.2) is 0 Å². The van der Waals surface area contributed by atoms with Crippen LogP contribution >= 0.6 is 0 Å². The third kappa shape index (κ3) is 3.22. The number of hydrogen-bond acceptors (Lipinski definition) is 1. The highest BCUT2D eigenvalue weighted by molar-refractivity contribution is 5.67. The van der Waals surface area contributed by atoms with E-state index in [1.807, 2.05) is 0 Å². The highest BCUT2D eigenvalue weighted by atomic mass is 16.4. The predicted molar refractivity (Wildman–Crippen MR) is 61.8 cm³/mol. The summed E-state index contributed by atoms with van der Waals surface area (Å²) >= 11 is 0. The molecule has 0 amide bonds. The highest BCUT2D eigenvalue weighted by Crippen LogP contribution is 2.45. The smallest absolute Gasteiger partial charge is 0.303 e. The third-order valence-electron chi connectivity index (χ3n) is 4.26. The first kappa shape index (κ1) is 12.5. The van der Waals surface area contributed by atoms with Crippen LogP contribution in [0.15, 0.2) is 0 Å². The second-order valence-corrected chi connectivity index (χ2v) is 5.59. The average molecular weight is 212 g/mol. The van der Waals surface area contributed by atoms with Gasteiger partial charge in [-0.05, 0) is 30.1 Å². The molecule has 0 radical (unpaired) electrons. The Morgan fingerprint density at radius 3 is 2.47 bits per heavy atom. The molecule has 1 aliphatic carbocycles. The van der Waals surface area contributed by atoms with Gasteiger partial charge in [0.1, 0.15) is 0 Å². The molecule has 1 fully saturated rings. The molecule has 15 heavy (non-hydrogen) atoms. The van der Waals surface area contributed by atoms with Gasteiger partial charge in [-0.15, -0.1) is 0 Å². The summed E-state index contributed by atoms with van der Waals surface area (Å²) in [5.74, 6) is 0.386. The molecule has 1 N–H and O–H groups in total. The Kier molecular flexibility index (Phi) is 4.18. The molecule has 1 rings (SSSR count). The maximum absolute atomic E-state index is 10.8. The van der Waals surface area contributed by atoms with E-state index < -0.39 is 5.97 Å². The van der Waals surface area contributed by atoms with Gasteiger partial charge >= 0.3 is 5.97 Å². The summed E-state index contributed by atoms with van der Waals surface area (Å²) in [7, 11) is 0. The van der Waals surface area contributed by atoms with Crippen LogP contribution in [0.3, 0.4) is 0 Å². The van der Waals surface area contributed by atoms with E-state index in [4.69, 9.17) is 5.11 Å². The minimum Gasteiger partial charge on any atom is -0.481 e. The molecule has 0 aromatic heterocycles. The standard InChI is InChI=1S/C13H24O2/c1-4-13(2,3)11-8-6-5-7-10(11)9-12(14)15/h10-11H,4-9H2,1-3H3,(H,14,15). The van der Waals surface area contributed by atoms with E-state index in [0.29, 0.717) is 23.7 Å². The van der Waals surface area contributed by atoms with E-state index in [1.165, 1.54) is 19.3 Å². The van der Waals surface area contributed by atoms with Crippen LogP contribution < -0.4 is 0 Å². The summed E-state index contributed by atoms with van der Waals surface area (Å²) in [5.41, 5.74) is 0.306. The molecule has 2 atom stereocenters. The van der Waals surface area contributed by atoms with E-state index in [2.05, 4.69) is 20.8 Å². The minimum atomic E-state index is -0.626. The van der Waals surface area contributed by atoms with Gasteiger partial charge in [0, 0.05) is 6.42 Å². The molecular formula is C13H24O2. The number of carbonyl (C=O) groups is 1. The van der Waals surface area contributed by atoms with Crippen molar-refractivity contribution in [1.29, 1.82) is 0 Å². The van der Waals surface area contributed by atoms with Crippen LogP contribution in [0.5, 0.6) is 0 Å². The van der Waals surface area contributed by atoms with Crippen LogP contribution in [0, 0.1) is 17.3 Å². The largest absolute Gasteiger partial charge is 0.481 e. The molecular weight excluding hydrogens is 188 g/mol. The SMILES string of the molecule is CCC(C)(C)C1CCCCC1CC(=O)O. The third-order valence-corrected chi connectivity index (χ3v) is 4.26. The summed E-state index contributed by atoms with van der Waals surface area (Å²) < 4.78 is 0. The zero-order valence-electron chi connectivity index (χ0n) is 10.3. The first-order valence-corrected chi connectivity index (χ1v) is 6.19. The lowest BCUT2D eigenvalue weighted by Crippen LogP contribution is -2.33. The molecule has 0 bridgehead atoms. The first-order chi connectivity index (χ1) is 6.97. The Bertz CT molecular complexity index is 221. The molecule has 0 saturated heterocycles. The molecule has 88 valence electrons. The van der Waals surface area contributed by atoms with Gasteiger partial charge in [-0.2, -0.15) is 0 Å². The van der Waals surface area contributed by atoms with Gasteiger partial charge in [0.05, 0.1) is 0 Å². The maximum atomic E-state index is 10.8. The Labute approximate surface area is 93.1 Å². The lowest BCUT2D eigenvalue weighted by atomic mass is 9.63. The van der Waals surface area contributed by atoms with Gasteiger partial charge < -0.3 is 5.11 Å². The van der Waals surface area contributed by atoms with Gasteiger partial charge in [0.2, 0.25) is 0 Å². The van der Waals surface area contributed by atoms with E-state index in [0.717, 1.165) is 12.8 Å². The maximum Gasteiger partial charge on any atom is 0.303 e. The summed E-state index contributed by atoms with van der Waals surface area (Å²) in [6.45, 7) is 6.79. The van der Waals surface area contributed by atoms with E-state index in [1.54, 1.807) is 0 Å². The van der Waals surface area contributed by atoms with Gasteiger partial charge in [-0.3, -0.25) is 4.79 Å². The fourth-order valence-electron chi connectivity index (χ4n) is 2.97. The van der Waals surface area contributed by atoms with Crippen LogP contribution in [0.4, 0.5) is 0 Å². The van der Waals surface area contributed by atoms with Crippen LogP contribution in [0.25, 0.3) is 0 Å². The Morgan fingerprint density at radius 2 is 1.93 bits per heavy atom. The first-order valence-electron chi connectivity index (χ1n) is 6.19. The van der Waals surface area contributed by atoms with Crippen molar-refractivity contribution < 1.29 is 9.90 Å². The number of rotatable bonds is 4. The van der Waals surface area contributed by atoms with Crippen molar-refractivity contribution in [3.63, 3.8) is 0 Å². The molecule has 2 heteroatoms. The van der Waals surface area contributed by atoms with Crippen molar-refractivity contribution in [2.24, 2.45) is 17.3 Å². The van der Waals surface area contributed by atoms with Crippen molar-refractivity contribution in [1.82, 2.24) is 0 Å². The lowest BCUT2D eigenvalue weighted by molar-refractivity contribution is -0.139. The summed E-state index contributed by atoms with van der Waals surface area (Å²) in [6.07, 6.45) is 6.35. The topological polar surface area (TPSA) is 37.3 Å². The van der Waals surface area contributed by atoms with Crippen LogP contribution in [-0.2, 0) is 4.79 Å². The monoisotopic (exact) mass is 212 g/mol. The van der Waals surface area contributed by atoms with Crippen molar-refractivity contribution in [3.05, 3.63) is 0 Å². The molecule has 2 unspecified atom stereocenters. The fourth-order valence-corrected chi connectivity index (χ4v) is 2.97. The quantitative estimate of drug-likeness (QED) is 0.771. The number of carboxylic acids is 1. The van der Waals surface area contributed by atoms with E-state index in [-0.39, 0.29) is 0 Å². The van der Waals surface area contributed by atoms with Crippen molar-refractivity contribution in [3.8, 4) is 0 Å². The van der Waals surface area contributed by atoms with Gasteiger partial charge in [-0.1, -0.05) is 40.0 Å². The molecule has 0 aromatic carbocycles. The Balaban J connectivity index is 2.69.